The number of hydrogen-bond acceptors (Lipinski definition) is 6. The number of benzene rings is 2. The molecule has 1 unspecified atom stereocenters. The normalized spacial score (nSPS) is 21.8. The number of imide groups is 1. The Morgan fingerprint density at radius 2 is 1.77 bits per heavy atom. The molecular formula is C26H29BrN4O4. The zero-order valence-corrected chi connectivity index (χ0v) is 21.0. The largest absolute Gasteiger partial charge is 0.391 e. The van der Waals surface area contributed by atoms with Gasteiger partial charge >= 0.3 is 0 Å². The smallest absolute Gasteiger partial charge is 0.255 e. The van der Waals surface area contributed by atoms with Gasteiger partial charge in [-0.05, 0) is 54.3 Å². The molecule has 35 heavy (non-hydrogen) atoms. The molecule has 0 saturated carbocycles. The van der Waals surface area contributed by atoms with Crippen LogP contribution in [0.25, 0.3) is 0 Å². The number of piperazine rings is 1. The number of nitrogens with one attached hydrogen (secondary N) is 1. The molecule has 3 aliphatic heterocycles. The number of β-amino-alcohol motifs (C(OH)–C–C–N with tert-alkyl or cyclic N) is 1. The fraction of sp³-hybridized carbons (Fsp3) is 0.423. The van der Waals surface area contributed by atoms with E-state index in [1.807, 2.05) is 36.4 Å². The molecule has 2 N–H and O–H groups in total. The van der Waals surface area contributed by atoms with Crippen molar-refractivity contribution in [3.63, 3.8) is 0 Å². The summed E-state index contributed by atoms with van der Waals surface area (Å²) in [6, 6.07) is 13.3. The first-order valence-electron chi connectivity index (χ1n) is 12.0. The van der Waals surface area contributed by atoms with Crippen molar-refractivity contribution >= 4 is 39.3 Å². The van der Waals surface area contributed by atoms with E-state index in [0.29, 0.717) is 31.5 Å². The van der Waals surface area contributed by atoms with Crippen LogP contribution < -0.4 is 10.2 Å². The Labute approximate surface area is 213 Å². The van der Waals surface area contributed by atoms with Crippen LogP contribution >= 0.6 is 15.9 Å². The number of aliphatic hydroxyl groups is 1. The van der Waals surface area contributed by atoms with Gasteiger partial charge in [0, 0.05) is 61.4 Å². The number of fused-ring (bicyclic) bond motifs is 1. The van der Waals surface area contributed by atoms with E-state index in [9.17, 15) is 19.5 Å². The number of hydrogen-bond donors (Lipinski definition) is 2. The van der Waals surface area contributed by atoms with Crippen LogP contribution in [-0.4, -0.2) is 77.5 Å². The lowest BCUT2D eigenvalue weighted by molar-refractivity contribution is -0.136. The van der Waals surface area contributed by atoms with Gasteiger partial charge in [0.1, 0.15) is 6.04 Å². The van der Waals surface area contributed by atoms with Crippen LogP contribution in [-0.2, 0) is 22.6 Å². The minimum atomic E-state index is -0.594. The third kappa shape index (κ3) is 5.27. The topological polar surface area (TPSA) is 93.2 Å². The summed E-state index contributed by atoms with van der Waals surface area (Å²) in [5.41, 5.74) is 3.74. The molecule has 0 spiro atoms. The Hall–Kier alpha value is -2.75. The van der Waals surface area contributed by atoms with E-state index >= 15 is 0 Å². The Morgan fingerprint density at radius 3 is 2.49 bits per heavy atom. The second kappa shape index (κ2) is 10.1. The number of rotatable bonds is 6. The third-order valence-corrected chi connectivity index (χ3v) is 7.63. The number of carbonyl (C=O) groups excluding carboxylic acids is 3. The predicted octanol–water partition coefficient (Wildman–Crippen LogP) is 1.94. The molecule has 3 heterocycles. The number of nitrogens with zero attached hydrogens (tertiary/aromatic N) is 3. The minimum absolute atomic E-state index is 0.148. The van der Waals surface area contributed by atoms with Crippen LogP contribution in [0.3, 0.4) is 0 Å². The summed E-state index contributed by atoms with van der Waals surface area (Å²) >= 11 is 3.44. The second-order valence-electron chi connectivity index (χ2n) is 9.51. The Balaban J connectivity index is 1.16. The number of carbonyl (C=O) groups is 3. The van der Waals surface area contributed by atoms with Crippen molar-refractivity contribution in [3.8, 4) is 0 Å². The molecule has 0 radical (unpaired) electrons. The number of anilines is 1. The lowest BCUT2D eigenvalue weighted by Gasteiger charge is -2.37. The van der Waals surface area contributed by atoms with Crippen molar-refractivity contribution in [2.75, 3.05) is 37.6 Å². The quantitative estimate of drug-likeness (QED) is 0.544. The van der Waals surface area contributed by atoms with Gasteiger partial charge in [0.15, 0.2) is 0 Å². The number of aliphatic hydroxyl groups excluding tert-OH is 1. The van der Waals surface area contributed by atoms with Gasteiger partial charge in [-0.1, -0.05) is 28.1 Å². The maximum atomic E-state index is 12.9. The highest BCUT2D eigenvalue weighted by Gasteiger charge is 2.39. The summed E-state index contributed by atoms with van der Waals surface area (Å²) in [6.07, 6.45) is 0.847. The molecule has 0 aromatic heterocycles. The molecule has 184 valence electrons. The molecule has 0 bridgehead atoms. The first-order chi connectivity index (χ1) is 16.9. The number of piperidine rings is 1. The Kier molecular flexibility index (Phi) is 6.91. The standard InChI is InChI=1S/C26H29BrN4O4/c27-19-3-1-17(2-4-19)13-21(32)16-29-9-11-30(12-10-29)20-5-6-22-18(14-20)15-31(26(22)35)23-7-8-24(33)28-25(23)34/h1-6,14,21,23,32H,7-13,15-16H2,(H,28,33,34)/t21-,23?/m1/s1. The molecule has 2 aromatic rings. The van der Waals surface area contributed by atoms with Gasteiger partial charge in [-0.2, -0.15) is 0 Å². The van der Waals surface area contributed by atoms with Crippen LogP contribution in [0.4, 0.5) is 5.69 Å². The first-order valence-corrected chi connectivity index (χ1v) is 12.8. The number of halogens is 1. The summed E-state index contributed by atoms with van der Waals surface area (Å²) in [6.45, 7) is 4.43. The van der Waals surface area contributed by atoms with Gasteiger partial charge < -0.3 is 14.9 Å². The molecule has 2 fully saturated rings. The highest BCUT2D eigenvalue weighted by atomic mass is 79.9. The lowest BCUT2D eigenvalue weighted by atomic mass is 10.0. The van der Waals surface area contributed by atoms with Crippen molar-refractivity contribution in [1.29, 1.82) is 0 Å². The van der Waals surface area contributed by atoms with Crippen molar-refractivity contribution in [2.45, 2.75) is 38.0 Å². The van der Waals surface area contributed by atoms with Crippen molar-refractivity contribution in [1.82, 2.24) is 15.1 Å². The summed E-state index contributed by atoms with van der Waals surface area (Å²) in [7, 11) is 0. The average Bonchev–Trinajstić information content (AvgIpc) is 3.16. The van der Waals surface area contributed by atoms with Gasteiger partial charge in [-0.3, -0.25) is 24.6 Å². The molecule has 3 aliphatic rings. The van der Waals surface area contributed by atoms with E-state index in [-0.39, 0.29) is 24.1 Å². The van der Waals surface area contributed by atoms with Crippen LogP contribution in [0, 0.1) is 0 Å². The van der Waals surface area contributed by atoms with Crippen molar-refractivity contribution < 1.29 is 19.5 Å². The van der Waals surface area contributed by atoms with Crippen molar-refractivity contribution in [2.24, 2.45) is 0 Å². The Morgan fingerprint density at radius 1 is 1.03 bits per heavy atom. The van der Waals surface area contributed by atoms with Crippen LogP contribution in [0.5, 0.6) is 0 Å². The number of amides is 3. The minimum Gasteiger partial charge on any atom is -0.391 e. The molecule has 2 saturated heterocycles. The molecule has 2 aromatic carbocycles. The monoisotopic (exact) mass is 540 g/mol. The summed E-state index contributed by atoms with van der Waals surface area (Å²) < 4.78 is 1.03. The summed E-state index contributed by atoms with van der Waals surface area (Å²) in [4.78, 5) is 42.8. The van der Waals surface area contributed by atoms with Gasteiger partial charge in [-0.25, -0.2) is 0 Å². The average molecular weight is 541 g/mol. The third-order valence-electron chi connectivity index (χ3n) is 7.10. The van der Waals surface area contributed by atoms with Crippen LogP contribution in [0.2, 0.25) is 0 Å². The molecule has 2 atom stereocenters. The van der Waals surface area contributed by atoms with Gasteiger partial charge in [0.2, 0.25) is 11.8 Å². The van der Waals surface area contributed by atoms with Crippen LogP contribution in [0.15, 0.2) is 46.9 Å². The molecule has 3 amide bonds. The molecule has 0 aliphatic carbocycles. The molecule has 9 heteroatoms. The molecule has 5 rings (SSSR count). The Bertz CT molecular complexity index is 1130. The highest BCUT2D eigenvalue weighted by Crippen LogP contribution is 2.31. The fourth-order valence-corrected chi connectivity index (χ4v) is 5.47. The lowest BCUT2D eigenvalue weighted by Crippen LogP contribution is -2.52. The van der Waals surface area contributed by atoms with Gasteiger partial charge in [-0.15, -0.1) is 0 Å². The zero-order valence-electron chi connectivity index (χ0n) is 19.5. The van der Waals surface area contributed by atoms with Crippen molar-refractivity contribution in [3.05, 3.63) is 63.6 Å². The fourth-order valence-electron chi connectivity index (χ4n) is 5.20. The van der Waals surface area contributed by atoms with E-state index in [0.717, 1.165) is 47.5 Å². The van der Waals surface area contributed by atoms with Gasteiger partial charge in [0.25, 0.3) is 5.91 Å². The maximum absolute atomic E-state index is 12.9. The van der Waals surface area contributed by atoms with E-state index in [1.54, 1.807) is 4.90 Å². The maximum Gasteiger partial charge on any atom is 0.255 e. The molecular weight excluding hydrogens is 512 g/mol. The second-order valence-corrected chi connectivity index (χ2v) is 10.4. The summed E-state index contributed by atoms with van der Waals surface area (Å²) in [5, 5.41) is 12.9. The summed E-state index contributed by atoms with van der Waals surface area (Å²) in [5.74, 6) is -0.815. The van der Waals surface area contributed by atoms with E-state index in [1.165, 1.54) is 0 Å². The predicted molar refractivity (Wildman–Crippen MR) is 135 cm³/mol. The van der Waals surface area contributed by atoms with Crippen LogP contribution in [0.1, 0.15) is 34.3 Å². The zero-order chi connectivity index (χ0) is 24.5. The molecule has 8 nitrogen and oxygen atoms in total. The SMILES string of the molecule is O=C1CCC(N2Cc3cc(N4CCN(C[C@H](O)Cc5ccc(Br)cc5)CC4)ccc3C2=O)C(=O)N1. The highest BCUT2D eigenvalue weighted by molar-refractivity contribution is 9.10. The van der Waals surface area contributed by atoms with E-state index in [4.69, 9.17) is 0 Å². The van der Waals surface area contributed by atoms with Gasteiger partial charge in [0.05, 0.1) is 6.10 Å². The van der Waals surface area contributed by atoms with E-state index in [2.05, 4.69) is 37.1 Å². The van der Waals surface area contributed by atoms with E-state index < -0.39 is 12.1 Å². The first kappa shape index (κ1) is 24.0.